The SMILES string of the molecule is CCOP(=O)(OCC)C(F)(F)[C@H](C)[C@@H](O)CO[Si](C)(C)C(C)(C)C. The average Bonchev–Trinajstić information content (AvgIpc) is 2.43. The lowest BCUT2D eigenvalue weighted by Crippen LogP contribution is -2.45. The van der Waals surface area contributed by atoms with Gasteiger partial charge in [-0.3, -0.25) is 4.57 Å². The van der Waals surface area contributed by atoms with Crippen LogP contribution in [0.2, 0.25) is 18.1 Å². The predicted molar refractivity (Wildman–Crippen MR) is 94.1 cm³/mol. The van der Waals surface area contributed by atoms with E-state index in [0.29, 0.717) is 0 Å². The fourth-order valence-electron chi connectivity index (χ4n) is 1.68. The van der Waals surface area contributed by atoms with E-state index in [1.54, 1.807) is 0 Å². The third-order valence-electron chi connectivity index (χ3n) is 4.51. The molecular formula is C15H33F2O5PSi. The Morgan fingerprint density at radius 3 is 1.88 bits per heavy atom. The van der Waals surface area contributed by atoms with Crippen LogP contribution in [-0.2, 0) is 18.0 Å². The molecule has 0 aromatic rings. The summed E-state index contributed by atoms with van der Waals surface area (Å²) in [4.78, 5) is 0. The van der Waals surface area contributed by atoms with Gasteiger partial charge in [-0.05, 0) is 32.0 Å². The summed E-state index contributed by atoms with van der Waals surface area (Å²) < 4.78 is 56.9. The molecule has 0 heterocycles. The third-order valence-corrected chi connectivity index (χ3v) is 11.3. The van der Waals surface area contributed by atoms with Gasteiger partial charge in [0, 0.05) is 0 Å². The lowest BCUT2D eigenvalue weighted by Gasteiger charge is -2.38. The molecule has 0 bridgehead atoms. The first kappa shape index (κ1) is 24.1. The maximum Gasteiger partial charge on any atom is 0.399 e. The molecule has 0 amide bonds. The van der Waals surface area contributed by atoms with E-state index in [1.165, 1.54) is 13.8 Å². The van der Waals surface area contributed by atoms with E-state index in [9.17, 15) is 18.5 Å². The van der Waals surface area contributed by atoms with Gasteiger partial charge in [0.25, 0.3) is 0 Å². The van der Waals surface area contributed by atoms with Crippen LogP contribution >= 0.6 is 7.60 Å². The van der Waals surface area contributed by atoms with Crippen LogP contribution in [0.1, 0.15) is 41.5 Å². The second-order valence-electron chi connectivity index (χ2n) is 7.35. The predicted octanol–water partition coefficient (Wildman–Crippen LogP) is 4.86. The molecule has 9 heteroatoms. The molecule has 0 radical (unpaired) electrons. The van der Waals surface area contributed by atoms with Crippen molar-refractivity contribution in [2.75, 3.05) is 19.8 Å². The molecule has 146 valence electrons. The van der Waals surface area contributed by atoms with Gasteiger partial charge < -0.3 is 18.6 Å². The van der Waals surface area contributed by atoms with Gasteiger partial charge in [0.2, 0.25) is 0 Å². The summed E-state index contributed by atoms with van der Waals surface area (Å²) >= 11 is 0. The van der Waals surface area contributed by atoms with Gasteiger partial charge in [-0.2, -0.15) is 8.78 Å². The first-order valence-electron chi connectivity index (χ1n) is 8.25. The summed E-state index contributed by atoms with van der Waals surface area (Å²) in [6.07, 6.45) is -1.48. The van der Waals surface area contributed by atoms with Crippen molar-refractivity contribution in [1.29, 1.82) is 0 Å². The van der Waals surface area contributed by atoms with Crippen LogP contribution in [0.15, 0.2) is 0 Å². The van der Waals surface area contributed by atoms with Crippen molar-refractivity contribution in [3.8, 4) is 0 Å². The lowest BCUT2D eigenvalue weighted by atomic mass is 10.1. The van der Waals surface area contributed by atoms with Crippen LogP contribution in [0, 0.1) is 5.92 Å². The van der Waals surface area contributed by atoms with E-state index in [4.69, 9.17) is 13.5 Å². The molecule has 0 saturated heterocycles. The maximum absolute atomic E-state index is 14.6. The summed E-state index contributed by atoms with van der Waals surface area (Å²) in [5, 5.41) is 10.1. The number of aliphatic hydroxyl groups is 1. The summed E-state index contributed by atoms with van der Waals surface area (Å²) in [5.74, 6) is -1.63. The molecule has 0 fully saturated rings. The Balaban J connectivity index is 5.16. The van der Waals surface area contributed by atoms with Crippen molar-refractivity contribution in [2.24, 2.45) is 5.92 Å². The number of halogens is 2. The van der Waals surface area contributed by atoms with Crippen molar-refractivity contribution in [2.45, 2.75) is 71.4 Å². The Kier molecular flexibility index (Phi) is 8.74. The standard InChI is InChI=1S/C15H33F2O5PSi/c1-9-20-23(19,21-10-2)15(16,17)12(3)13(18)11-22-24(7,8)14(4,5)6/h12-13,18H,9-11H2,1-8H3/t12-,13+/m1/s1. The minimum Gasteiger partial charge on any atom is -0.414 e. The molecule has 0 rings (SSSR count). The first-order valence-corrected chi connectivity index (χ1v) is 12.7. The number of aliphatic hydroxyl groups excluding tert-OH is 1. The minimum atomic E-state index is -4.67. The normalized spacial score (nSPS) is 17.0. The van der Waals surface area contributed by atoms with E-state index in [0.717, 1.165) is 6.92 Å². The highest BCUT2D eigenvalue weighted by atomic mass is 31.2. The molecule has 24 heavy (non-hydrogen) atoms. The lowest BCUT2D eigenvalue weighted by molar-refractivity contribution is -0.0680. The smallest absolute Gasteiger partial charge is 0.399 e. The van der Waals surface area contributed by atoms with Crippen molar-refractivity contribution in [3.05, 3.63) is 0 Å². The molecule has 0 saturated carbocycles. The second-order valence-corrected chi connectivity index (χ2v) is 14.3. The molecule has 1 N–H and O–H groups in total. The number of alkyl halides is 2. The van der Waals surface area contributed by atoms with Gasteiger partial charge in [0.1, 0.15) is 0 Å². The minimum absolute atomic E-state index is 0.107. The molecule has 0 aliphatic heterocycles. The van der Waals surface area contributed by atoms with Crippen LogP contribution in [-0.4, -0.2) is 45.0 Å². The molecular weight excluding hydrogens is 357 g/mol. The Morgan fingerprint density at radius 1 is 1.12 bits per heavy atom. The van der Waals surface area contributed by atoms with Gasteiger partial charge >= 0.3 is 13.3 Å². The van der Waals surface area contributed by atoms with Crippen LogP contribution < -0.4 is 0 Å². The Morgan fingerprint density at radius 2 is 1.54 bits per heavy atom. The monoisotopic (exact) mass is 390 g/mol. The zero-order chi connectivity index (χ0) is 19.4. The highest BCUT2D eigenvalue weighted by molar-refractivity contribution is 7.55. The molecule has 0 aliphatic carbocycles. The van der Waals surface area contributed by atoms with Crippen LogP contribution in [0.3, 0.4) is 0 Å². The summed E-state index contributed by atoms with van der Waals surface area (Å²) in [6.45, 7) is 13.4. The van der Waals surface area contributed by atoms with E-state index in [-0.39, 0.29) is 24.9 Å². The molecule has 0 aromatic carbocycles. The first-order chi connectivity index (χ1) is 10.7. The van der Waals surface area contributed by atoms with E-state index in [1.807, 2.05) is 33.9 Å². The molecule has 5 nitrogen and oxygen atoms in total. The summed E-state index contributed by atoms with van der Waals surface area (Å²) in [7, 11) is -6.85. The Hall–Kier alpha value is 0.147. The molecule has 2 atom stereocenters. The quantitative estimate of drug-likeness (QED) is 0.426. The fourth-order valence-corrected chi connectivity index (χ4v) is 4.47. The summed E-state index contributed by atoms with van der Waals surface area (Å²) in [6, 6.07) is 0. The van der Waals surface area contributed by atoms with Crippen molar-refractivity contribution in [3.63, 3.8) is 0 Å². The fraction of sp³-hybridized carbons (Fsp3) is 1.00. The highest BCUT2D eigenvalue weighted by Crippen LogP contribution is 2.65. The zero-order valence-corrected chi connectivity index (χ0v) is 18.0. The van der Waals surface area contributed by atoms with Gasteiger partial charge in [-0.15, -0.1) is 0 Å². The van der Waals surface area contributed by atoms with Crippen LogP contribution in [0.25, 0.3) is 0 Å². The van der Waals surface area contributed by atoms with Crippen LogP contribution in [0.5, 0.6) is 0 Å². The summed E-state index contributed by atoms with van der Waals surface area (Å²) in [5.41, 5.74) is -3.81. The molecule has 0 spiro atoms. The highest BCUT2D eigenvalue weighted by Gasteiger charge is 2.59. The molecule has 0 aliphatic rings. The molecule has 0 aromatic heterocycles. The molecule has 0 unspecified atom stereocenters. The van der Waals surface area contributed by atoms with E-state index < -0.39 is 33.6 Å². The Bertz CT molecular complexity index is 430. The van der Waals surface area contributed by atoms with Gasteiger partial charge in [-0.1, -0.05) is 27.7 Å². The van der Waals surface area contributed by atoms with Gasteiger partial charge in [-0.25, -0.2) is 0 Å². The topological polar surface area (TPSA) is 65.0 Å². The average molecular weight is 390 g/mol. The van der Waals surface area contributed by atoms with Gasteiger partial charge in [0.15, 0.2) is 8.32 Å². The number of rotatable bonds is 10. The van der Waals surface area contributed by atoms with Crippen molar-refractivity contribution in [1.82, 2.24) is 0 Å². The van der Waals surface area contributed by atoms with Crippen molar-refractivity contribution >= 4 is 15.9 Å². The van der Waals surface area contributed by atoms with Crippen LogP contribution in [0.4, 0.5) is 8.78 Å². The van der Waals surface area contributed by atoms with E-state index >= 15 is 0 Å². The van der Waals surface area contributed by atoms with E-state index in [2.05, 4.69) is 0 Å². The zero-order valence-electron chi connectivity index (χ0n) is 16.1. The third kappa shape index (κ3) is 5.58. The number of hydrogen-bond acceptors (Lipinski definition) is 5. The second kappa shape index (κ2) is 8.69. The number of hydrogen-bond donors (Lipinski definition) is 1. The Labute approximate surface area is 145 Å². The van der Waals surface area contributed by atoms with Crippen molar-refractivity contribution < 1.29 is 31.9 Å². The van der Waals surface area contributed by atoms with Gasteiger partial charge in [0.05, 0.1) is 31.8 Å². The largest absolute Gasteiger partial charge is 0.414 e. The maximum atomic E-state index is 14.6.